The first kappa shape index (κ1) is 12.2. The van der Waals surface area contributed by atoms with Gasteiger partial charge in [0.1, 0.15) is 0 Å². The first-order chi connectivity index (χ1) is 8.70. The molecule has 3 nitrogen and oxygen atoms in total. The summed E-state index contributed by atoms with van der Waals surface area (Å²) in [6.45, 7) is 1.85. The van der Waals surface area contributed by atoms with Gasteiger partial charge in [0.15, 0.2) is 0 Å². The summed E-state index contributed by atoms with van der Waals surface area (Å²) in [5.41, 5.74) is 6.05. The first-order valence-corrected chi connectivity index (χ1v) is 7.64. The lowest BCUT2D eigenvalue weighted by molar-refractivity contribution is -0.134. The number of nitrogens with two attached hydrogens (primary N) is 1. The normalized spacial score (nSPS) is 31.4. The number of hydrogen-bond donors (Lipinski definition) is 1. The fourth-order valence-corrected chi connectivity index (χ4v) is 4.19. The molecule has 0 radical (unpaired) electrons. The van der Waals surface area contributed by atoms with E-state index in [0.29, 0.717) is 30.2 Å². The minimum atomic E-state index is 0.294. The molecule has 0 aromatic carbocycles. The number of hydrogen-bond acceptors (Lipinski definition) is 3. The molecule has 18 heavy (non-hydrogen) atoms. The SMILES string of the molecule is NC1CC2CC(C1)CN(C(=O)Cc1cccs1)C2. The van der Waals surface area contributed by atoms with E-state index >= 15 is 0 Å². The second kappa shape index (κ2) is 5.02. The van der Waals surface area contributed by atoms with Gasteiger partial charge in [-0.05, 0) is 42.5 Å². The largest absolute Gasteiger partial charge is 0.342 e. The van der Waals surface area contributed by atoms with Crippen LogP contribution in [0.15, 0.2) is 17.5 Å². The van der Waals surface area contributed by atoms with Gasteiger partial charge in [-0.15, -0.1) is 11.3 Å². The molecule has 98 valence electrons. The number of nitrogens with zero attached hydrogens (tertiary/aromatic N) is 1. The van der Waals surface area contributed by atoms with Gasteiger partial charge in [0.05, 0.1) is 6.42 Å². The van der Waals surface area contributed by atoms with E-state index in [1.54, 1.807) is 11.3 Å². The van der Waals surface area contributed by atoms with Crippen LogP contribution in [0.2, 0.25) is 0 Å². The molecule has 2 fully saturated rings. The van der Waals surface area contributed by atoms with Gasteiger partial charge in [-0.2, -0.15) is 0 Å². The van der Waals surface area contributed by atoms with Crippen molar-refractivity contribution >= 4 is 17.2 Å². The molecule has 1 aliphatic carbocycles. The zero-order valence-electron chi connectivity index (χ0n) is 10.5. The van der Waals surface area contributed by atoms with Crippen molar-refractivity contribution in [2.45, 2.75) is 31.7 Å². The Hall–Kier alpha value is -0.870. The van der Waals surface area contributed by atoms with Crippen molar-refractivity contribution in [2.24, 2.45) is 17.6 Å². The topological polar surface area (TPSA) is 46.3 Å². The highest BCUT2D eigenvalue weighted by Crippen LogP contribution is 2.34. The van der Waals surface area contributed by atoms with Crippen LogP contribution in [0, 0.1) is 11.8 Å². The van der Waals surface area contributed by atoms with Gasteiger partial charge in [0.25, 0.3) is 0 Å². The quantitative estimate of drug-likeness (QED) is 0.886. The molecule has 2 bridgehead atoms. The summed E-state index contributed by atoms with van der Waals surface area (Å²) in [6.07, 6.45) is 4.04. The number of carbonyl (C=O) groups is 1. The van der Waals surface area contributed by atoms with Crippen molar-refractivity contribution < 1.29 is 4.79 Å². The molecule has 1 aromatic heterocycles. The highest BCUT2D eigenvalue weighted by Gasteiger charge is 2.35. The Morgan fingerprint density at radius 3 is 2.67 bits per heavy atom. The zero-order chi connectivity index (χ0) is 12.5. The number of amides is 1. The third-order valence-corrected chi connectivity index (χ3v) is 5.03. The summed E-state index contributed by atoms with van der Waals surface area (Å²) in [5.74, 6) is 1.57. The molecule has 2 aliphatic rings. The Kier molecular flexibility index (Phi) is 3.39. The summed E-state index contributed by atoms with van der Waals surface area (Å²) in [5, 5.41) is 2.03. The number of rotatable bonds is 2. The Morgan fingerprint density at radius 1 is 1.33 bits per heavy atom. The predicted molar refractivity (Wildman–Crippen MR) is 73.4 cm³/mol. The summed E-state index contributed by atoms with van der Waals surface area (Å²) in [7, 11) is 0. The van der Waals surface area contributed by atoms with Gasteiger partial charge in [0.2, 0.25) is 5.91 Å². The van der Waals surface area contributed by atoms with Crippen LogP contribution in [0.5, 0.6) is 0 Å². The molecular formula is C14H20N2OS. The maximum absolute atomic E-state index is 12.3. The molecule has 1 aromatic rings. The highest BCUT2D eigenvalue weighted by molar-refractivity contribution is 7.10. The second-order valence-corrected chi connectivity index (χ2v) is 6.79. The number of carbonyl (C=O) groups excluding carboxylic acids is 1. The van der Waals surface area contributed by atoms with E-state index in [1.807, 2.05) is 17.5 Å². The minimum Gasteiger partial charge on any atom is -0.342 e. The molecule has 1 saturated carbocycles. The molecule has 1 amide bonds. The Labute approximate surface area is 112 Å². The smallest absolute Gasteiger partial charge is 0.227 e. The molecule has 2 atom stereocenters. The minimum absolute atomic E-state index is 0.294. The summed E-state index contributed by atoms with van der Waals surface area (Å²) in [6, 6.07) is 4.42. The summed E-state index contributed by atoms with van der Waals surface area (Å²) < 4.78 is 0. The van der Waals surface area contributed by atoms with Crippen molar-refractivity contribution in [3.8, 4) is 0 Å². The predicted octanol–water partition coefficient (Wildman–Crippen LogP) is 1.88. The monoisotopic (exact) mass is 264 g/mol. The van der Waals surface area contributed by atoms with Gasteiger partial charge in [-0.3, -0.25) is 4.79 Å². The van der Waals surface area contributed by atoms with Crippen LogP contribution in [-0.2, 0) is 11.2 Å². The van der Waals surface area contributed by atoms with Crippen LogP contribution in [0.3, 0.4) is 0 Å². The Bertz CT molecular complexity index is 399. The number of likely N-dealkylation sites (tertiary alicyclic amines) is 1. The van der Waals surface area contributed by atoms with Crippen LogP contribution in [-0.4, -0.2) is 29.9 Å². The van der Waals surface area contributed by atoms with Crippen LogP contribution in [0.4, 0.5) is 0 Å². The third-order valence-electron chi connectivity index (χ3n) is 4.15. The van der Waals surface area contributed by atoms with Gasteiger partial charge >= 0.3 is 0 Å². The molecule has 3 rings (SSSR count). The Morgan fingerprint density at radius 2 is 2.06 bits per heavy atom. The molecule has 2 heterocycles. The number of piperidine rings is 1. The fourth-order valence-electron chi connectivity index (χ4n) is 3.49. The van der Waals surface area contributed by atoms with Crippen LogP contribution >= 0.6 is 11.3 Å². The van der Waals surface area contributed by atoms with E-state index in [1.165, 1.54) is 11.3 Å². The van der Waals surface area contributed by atoms with Crippen molar-refractivity contribution in [1.82, 2.24) is 4.90 Å². The van der Waals surface area contributed by atoms with Gasteiger partial charge in [-0.1, -0.05) is 6.07 Å². The van der Waals surface area contributed by atoms with Crippen LogP contribution < -0.4 is 5.73 Å². The molecule has 1 aliphatic heterocycles. The van der Waals surface area contributed by atoms with E-state index in [4.69, 9.17) is 5.73 Å². The standard InChI is InChI=1S/C14H20N2OS/c15-12-5-10-4-11(6-12)9-16(8-10)14(17)7-13-2-1-3-18-13/h1-3,10-12H,4-9,15H2. The zero-order valence-corrected chi connectivity index (χ0v) is 11.4. The van der Waals surface area contributed by atoms with Crippen LogP contribution in [0.1, 0.15) is 24.1 Å². The fraction of sp³-hybridized carbons (Fsp3) is 0.643. The molecule has 1 saturated heterocycles. The van der Waals surface area contributed by atoms with E-state index < -0.39 is 0 Å². The maximum atomic E-state index is 12.3. The Balaban J connectivity index is 1.62. The lowest BCUT2D eigenvalue weighted by atomic mass is 9.75. The molecule has 2 N–H and O–H groups in total. The third kappa shape index (κ3) is 2.59. The lowest BCUT2D eigenvalue weighted by Crippen LogP contribution is -2.50. The van der Waals surface area contributed by atoms with Gasteiger partial charge < -0.3 is 10.6 Å². The summed E-state index contributed by atoms with van der Waals surface area (Å²) >= 11 is 1.67. The summed E-state index contributed by atoms with van der Waals surface area (Å²) in [4.78, 5) is 15.5. The van der Waals surface area contributed by atoms with E-state index in [0.717, 1.165) is 25.9 Å². The molecule has 4 heteroatoms. The van der Waals surface area contributed by atoms with Crippen molar-refractivity contribution in [2.75, 3.05) is 13.1 Å². The maximum Gasteiger partial charge on any atom is 0.227 e. The van der Waals surface area contributed by atoms with E-state index in [2.05, 4.69) is 4.90 Å². The number of fused-ring (bicyclic) bond motifs is 2. The van der Waals surface area contributed by atoms with Crippen LogP contribution in [0.25, 0.3) is 0 Å². The first-order valence-electron chi connectivity index (χ1n) is 6.76. The van der Waals surface area contributed by atoms with Gasteiger partial charge in [-0.25, -0.2) is 0 Å². The second-order valence-electron chi connectivity index (χ2n) is 5.75. The highest BCUT2D eigenvalue weighted by atomic mass is 32.1. The molecule has 2 unspecified atom stereocenters. The molecule has 0 spiro atoms. The number of thiophene rings is 1. The average molecular weight is 264 g/mol. The lowest BCUT2D eigenvalue weighted by Gasteiger charge is -2.43. The van der Waals surface area contributed by atoms with Crippen molar-refractivity contribution in [3.63, 3.8) is 0 Å². The van der Waals surface area contributed by atoms with E-state index in [9.17, 15) is 4.79 Å². The molecular weight excluding hydrogens is 244 g/mol. The van der Waals surface area contributed by atoms with E-state index in [-0.39, 0.29) is 0 Å². The average Bonchev–Trinajstić information content (AvgIpc) is 2.80. The van der Waals surface area contributed by atoms with Crippen molar-refractivity contribution in [3.05, 3.63) is 22.4 Å². The van der Waals surface area contributed by atoms with Gasteiger partial charge in [0, 0.05) is 24.0 Å². The van der Waals surface area contributed by atoms with Crippen molar-refractivity contribution in [1.29, 1.82) is 0 Å².